The van der Waals surface area contributed by atoms with Gasteiger partial charge in [-0.3, -0.25) is 4.79 Å². The number of carbonyl (C=O) groups excluding carboxylic acids is 1. The normalized spacial score (nSPS) is 17.3. The van der Waals surface area contributed by atoms with E-state index in [1.54, 1.807) is 11.8 Å². The molecule has 1 fully saturated rings. The van der Waals surface area contributed by atoms with Crippen molar-refractivity contribution in [3.05, 3.63) is 27.7 Å². The molecule has 1 aliphatic heterocycles. The summed E-state index contributed by atoms with van der Waals surface area (Å²) in [5.74, 6) is 0.612. The van der Waals surface area contributed by atoms with Crippen LogP contribution < -0.4 is 10.6 Å². The van der Waals surface area contributed by atoms with Crippen LogP contribution in [0.3, 0.4) is 0 Å². The molecule has 0 saturated carbocycles. The third kappa shape index (κ3) is 5.00. The van der Waals surface area contributed by atoms with Gasteiger partial charge in [0.05, 0.1) is 5.75 Å². The molecule has 1 saturated heterocycles. The fourth-order valence-electron chi connectivity index (χ4n) is 2.62. The van der Waals surface area contributed by atoms with Crippen molar-refractivity contribution in [3.8, 4) is 0 Å². The summed E-state index contributed by atoms with van der Waals surface area (Å²) < 4.78 is 1.12. The van der Waals surface area contributed by atoms with Gasteiger partial charge in [0.15, 0.2) is 0 Å². The zero-order valence-corrected chi connectivity index (χ0v) is 16.0. The number of amides is 1. The Morgan fingerprint density at radius 1 is 1.32 bits per heavy atom. The van der Waals surface area contributed by atoms with Gasteiger partial charge in [0, 0.05) is 15.9 Å². The van der Waals surface area contributed by atoms with Crippen LogP contribution in [0.15, 0.2) is 21.5 Å². The maximum atomic E-state index is 12.1. The highest BCUT2D eigenvalue weighted by molar-refractivity contribution is 9.10. The lowest BCUT2D eigenvalue weighted by Crippen LogP contribution is -2.43. The van der Waals surface area contributed by atoms with E-state index in [-0.39, 0.29) is 11.3 Å². The SMILES string of the molecule is Cc1cc(SCC(=O)NCC2(C)CCNCC2)c(C)cc1Br. The van der Waals surface area contributed by atoms with Crippen LogP contribution in [0.25, 0.3) is 0 Å². The zero-order chi connectivity index (χ0) is 16.2. The number of thioether (sulfide) groups is 1. The quantitative estimate of drug-likeness (QED) is 0.760. The fraction of sp³-hybridized carbons (Fsp3) is 0.588. The van der Waals surface area contributed by atoms with Gasteiger partial charge in [-0.25, -0.2) is 0 Å². The highest BCUT2D eigenvalue weighted by atomic mass is 79.9. The van der Waals surface area contributed by atoms with E-state index in [1.165, 1.54) is 16.0 Å². The van der Waals surface area contributed by atoms with Crippen molar-refractivity contribution in [2.45, 2.75) is 38.5 Å². The Morgan fingerprint density at radius 3 is 2.68 bits per heavy atom. The average molecular weight is 385 g/mol. The molecule has 1 aromatic rings. The molecule has 0 aromatic heterocycles. The lowest BCUT2D eigenvalue weighted by atomic mass is 9.81. The number of hydrogen-bond donors (Lipinski definition) is 2. The maximum Gasteiger partial charge on any atom is 0.230 e. The van der Waals surface area contributed by atoms with Crippen molar-refractivity contribution in [1.29, 1.82) is 0 Å². The monoisotopic (exact) mass is 384 g/mol. The minimum Gasteiger partial charge on any atom is -0.355 e. The first-order valence-corrected chi connectivity index (χ1v) is 9.54. The van der Waals surface area contributed by atoms with Crippen molar-refractivity contribution >= 4 is 33.6 Å². The van der Waals surface area contributed by atoms with Gasteiger partial charge in [-0.1, -0.05) is 22.9 Å². The van der Waals surface area contributed by atoms with Crippen LogP contribution in [-0.4, -0.2) is 31.3 Å². The molecule has 2 N–H and O–H groups in total. The maximum absolute atomic E-state index is 12.1. The third-order valence-electron chi connectivity index (χ3n) is 4.34. The van der Waals surface area contributed by atoms with E-state index in [4.69, 9.17) is 0 Å². The summed E-state index contributed by atoms with van der Waals surface area (Å²) in [4.78, 5) is 13.3. The zero-order valence-electron chi connectivity index (χ0n) is 13.6. The molecule has 0 spiro atoms. The summed E-state index contributed by atoms with van der Waals surface area (Å²) in [5, 5.41) is 6.48. The van der Waals surface area contributed by atoms with Gasteiger partial charge in [0.25, 0.3) is 0 Å². The summed E-state index contributed by atoms with van der Waals surface area (Å²) >= 11 is 5.16. The molecule has 1 aromatic carbocycles. The second-order valence-corrected chi connectivity index (χ2v) is 8.36. The van der Waals surface area contributed by atoms with Crippen LogP contribution in [0.2, 0.25) is 0 Å². The lowest BCUT2D eigenvalue weighted by molar-refractivity contribution is -0.119. The summed E-state index contributed by atoms with van der Waals surface area (Å²) in [7, 11) is 0. The standard InChI is InChI=1S/C17H25BrN2OS/c1-12-9-15(13(2)8-14(12)18)22-10-16(21)20-11-17(3)4-6-19-7-5-17/h8-9,19H,4-7,10-11H2,1-3H3,(H,20,21). The molecule has 0 bridgehead atoms. The molecular weight excluding hydrogens is 360 g/mol. The number of benzene rings is 1. The Morgan fingerprint density at radius 2 is 2.00 bits per heavy atom. The van der Waals surface area contributed by atoms with Crippen LogP contribution in [0.5, 0.6) is 0 Å². The van der Waals surface area contributed by atoms with Crippen molar-refractivity contribution in [2.24, 2.45) is 5.41 Å². The third-order valence-corrected chi connectivity index (χ3v) is 6.35. The topological polar surface area (TPSA) is 41.1 Å². The molecule has 2 rings (SSSR count). The highest BCUT2D eigenvalue weighted by Crippen LogP contribution is 2.29. The molecule has 1 aliphatic rings. The Bertz CT molecular complexity index is 542. The number of nitrogens with one attached hydrogen (secondary N) is 2. The molecule has 122 valence electrons. The van der Waals surface area contributed by atoms with Gasteiger partial charge in [-0.05, 0) is 68.5 Å². The van der Waals surface area contributed by atoms with Crippen molar-refractivity contribution in [1.82, 2.24) is 10.6 Å². The molecule has 1 amide bonds. The first kappa shape index (κ1) is 17.8. The molecule has 1 heterocycles. The van der Waals surface area contributed by atoms with E-state index in [0.29, 0.717) is 5.75 Å². The molecule has 0 radical (unpaired) electrons. The number of hydrogen-bond acceptors (Lipinski definition) is 3. The molecule has 5 heteroatoms. The van der Waals surface area contributed by atoms with Crippen LogP contribution >= 0.6 is 27.7 Å². The van der Waals surface area contributed by atoms with Gasteiger partial charge in [0.1, 0.15) is 0 Å². The van der Waals surface area contributed by atoms with Crippen LogP contribution in [0.1, 0.15) is 30.9 Å². The molecule has 0 unspecified atom stereocenters. The van der Waals surface area contributed by atoms with E-state index >= 15 is 0 Å². The van der Waals surface area contributed by atoms with E-state index < -0.39 is 0 Å². The van der Waals surface area contributed by atoms with Crippen LogP contribution in [0, 0.1) is 19.3 Å². The average Bonchev–Trinajstić information content (AvgIpc) is 2.48. The van der Waals surface area contributed by atoms with Gasteiger partial charge in [0.2, 0.25) is 5.91 Å². The second kappa shape index (κ2) is 7.84. The Hall–Kier alpha value is -0.520. The van der Waals surface area contributed by atoms with Crippen LogP contribution in [0.4, 0.5) is 0 Å². The Balaban J connectivity index is 1.81. The minimum absolute atomic E-state index is 0.129. The molecule has 22 heavy (non-hydrogen) atoms. The predicted molar refractivity (Wildman–Crippen MR) is 97.6 cm³/mol. The summed E-state index contributed by atoms with van der Waals surface area (Å²) in [6.07, 6.45) is 2.26. The van der Waals surface area contributed by atoms with Gasteiger partial charge < -0.3 is 10.6 Å². The number of halogens is 1. The first-order valence-electron chi connectivity index (χ1n) is 7.77. The molecule has 0 atom stereocenters. The van der Waals surface area contributed by atoms with Crippen LogP contribution in [-0.2, 0) is 4.79 Å². The number of carbonyl (C=O) groups is 1. The minimum atomic E-state index is 0.129. The first-order chi connectivity index (χ1) is 10.4. The van der Waals surface area contributed by atoms with E-state index in [9.17, 15) is 4.79 Å². The second-order valence-electron chi connectivity index (χ2n) is 6.49. The lowest BCUT2D eigenvalue weighted by Gasteiger charge is -2.34. The Labute approximate surface area is 146 Å². The van der Waals surface area contributed by atoms with E-state index in [1.807, 2.05) is 0 Å². The smallest absolute Gasteiger partial charge is 0.230 e. The predicted octanol–water partition coefficient (Wildman–Crippen LogP) is 3.66. The van der Waals surface area contributed by atoms with E-state index in [0.717, 1.165) is 36.9 Å². The van der Waals surface area contributed by atoms with E-state index in [2.05, 4.69) is 59.5 Å². The van der Waals surface area contributed by atoms with Gasteiger partial charge in [-0.2, -0.15) is 0 Å². The van der Waals surface area contributed by atoms with Gasteiger partial charge in [-0.15, -0.1) is 11.8 Å². The summed E-state index contributed by atoms with van der Waals surface area (Å²) in [6, 6.07) is 4.26. The molecular formula is C17H25BrN2OS. The van der Waals surface area contributed by atoms with Crippen molar-refractivity contribution in [2.75, 3.05) is 25.4 Å². The number of rotatable bonds is 5. The number of aryl methyl sites for hydroxylation is 2. The van der Waals surface area contributed by atoms with Crippen molar-refractivity contribution in [3.63, 3.8) is 0 Å². The Kier molecular flexibility index (Phi) is 6.36. The number of piperidine rings is 1. The largest absolute Gasteiger partial charge is 0.355 e. The molecule has 3 nitrogen and oxygen atoms in total. The summed E-state index contributed by atoms with van der Waals surface area (Å²) in [6.45, 7) is 9.32. The fourth-order valence-corrected chi connectivity index (χ4v) is 4.02. The van der Waals surface area contributed by atoms with Gasteiger partial charge >= 0.3 is 0 Å². The highest BCUT2D eigenvalue weighted by Gasteiger charge is 2.26. The summed E-state index contributed by atoms with van der Waals surface area (Å²) in [5.41, 5.74) is 2.66. The van der Waals surface area contributed by atoms with Crippen molar-refractivity contribution < 1.29 is 4.79 Å². The molecule has 0 aliphatic carbocycles.